The second-order valence-corrected chi connectivity index (χ2v) is 35.5. The minimum absolute atomic E-state index is 0. The lowest BCUT2D eigenvalue weighted by Gasteiger charge is -2.26. The Kier molecular flexibility index (Phi) is 53.0. The molecule has 0 amide bonds. The Morgan fingerprint density at radius 1 is 0.642 bits per heavy atom. The first-order valence-corrected chi connectivity index (χ1v) is 41.6. The number of hydrogen-bond donors (Lipinski definition) is 5. The van der Waals surface area contributed by atoms with Gasteiger partial charge in [0.2, 0.25) is 0 Å². The van der Waals surface area contributed by atoms with Crippen molar-refractivity contribution in [2.24, 2.45) is 0 Å². The molecule has 0 saturated carbocycles. The Hall–Kier alpha value is -2.41. The van der Waals surface area contributed by atoms with E-state index in [0.29, 0.717) is 32.7 Å². The number of aryl methyl sites for hydroxylation is 2. The zero-order valence-electron chi connectivity index (χ0n) is 58.2. The van der Waals surface area contributed by atoms with E-state index in [1.807, 2.05) is 169 Å². The van der Waals surface area contributed by atoms with Crippen LogP contribution in [-0.4, -0.2) is 192 Å². The number of hydrogen-bond acceptors (Lipinski definition) is 26. The van der Waals surface area contributed by atoms with Crippen molar-refractivity contribution in [2.75, 3.05) is 55.3 Å². The van der Waals surface area contributed by atoms with Gasteiger partial charge in [0.15, 0.2) is 24.5 Å². The monoisotopic (exact) mass is 1490 g/mol. The van der Waals surface area contributed by atoms with Crippen molar-refractivity contribution in [3.63, 3.8) is 0 Å². The molecule has 8 rings (SSSR count). The number of nitrogens with zero attached hydrogens (tertiary/aromatic N) is 2. The van der Waals surface area contributed by atoms with E-state index in [0.717, 1.165) is 61.9 Å². The third-order valence-corrected chi connectivity index (χ3v) is 26.6. The number of Topliss-reactive ketones (excluding diaryl/α,β-unsaturated/α-hetero) is 1. The predicted molar refractivity (Wildman–Crippen MR) is 405 cm³/mol. The van der Waals surface area contributed by atoms with E-state index < -0.39 is 44.1 Å². The standard InChI is InChI=1S/C17H16NOPS.C15H21NO2S3.C10H18O3S2.C10H16O3S2.C5H10O3.C5H12O3.C3H8.C2H6O.B/c1-14-18-15(13-21-14)12-20(19,16-8-4-2-5-9-16)17-10-6-3-7-11-17;1-10(7-13-9-21-11(2)16-13)14(18-12(3)17)8-15-19-5-4-6-20-15;2*1-7(11)9(13-8(2)12)6-10-14-4-3-5-15-10;1-3-4(6)2-5(7)8-3;1-4(6)5(7-2)8-3;1-3-2;1-2-3;/h2-11,13H,12H2,1H3;7,9,14-15H,4-6,8H2,1-3H3;7,9-11H,3-6H2,1-2H3;9-10H,3-6H2,1-2H3;3-7H,2H2,1H3;4-6H,1-3H3;3H2,1-2H3;3H,2H2,1H3;/b;10-7+;;;;;;;/t;14-;7-,9+;9-;3-,4+,5?;;;;/m.0101..../s1. The lowest BCUT2D eigenvalue weighted by Crippen LogP contribution is -2.31. The van der Waals surface area contributed by atoms with Crippen molar-refractivity contribution in [1.29, 1.82) is 0 Å². The Labute approximate surface area is 602 Å². The van der Waals surface area contributed by atoms with Gasteiger partial charge in [0.1, 0.15) is 25.5 Å². The molecule has 4 aliphatic heterocycles. The van der Waals surface area contributed by atoms with Crippen LogP contribution in [0.2, 0.25) is 0 Å². The molecule has 28 heteroatoms. The molecule has 2 unspecified atom stereocenters. The summed E-state index contributed by atoms with van der Waals surface area (Å²) < 4.78 is 44.9. The summed E-state index contributed by atoms with van der Waals surface area (Å²) in [5.74, 6) is 6.08. The van der Waals surface area contributed by atoms with Crippen LogP contribution < -0.4 is 10.6 Å². The Morgan fingerprint density at radius 2 is 1.04 bits per heavy atom. The van der Waals surface area contributed by atoms with Gasteiger partial charge in [-0.3, -0.25) is 19.2 Å². The van der Waals surface area contributed by atoms with E-state index in [2.05, 4.69) is 33.3 Å². The highest BCUT2D eigenvalue weighted by molar-refractivity contribution is 8.18. The van der Waals surface area contributed by atoms with E-state index in [9.17, 15) is 28.8 Å². The molecule has 0 spiro atoms. The first-order valence-electron chi connectivity index (χ1n) is 31.6. The zero-order chi connectivity index (χ0) is 70.6. The van der Waals surface area contributed by atoms with Gasteiger partial charge in [0.05, 0.1) is 59.6 Å². The highest BCUT2D eigenvalue weighted by Gasteiger charge is 2.31. The van der Waals surface area contributed by atoms with E-state index in [1.165, 1.54) is 90.6 Å². The molecule has 4 fully saturated rings. The summed E-state index contributed by atoms with van der Waals surface area (Å²) in [6, 6.07) is 19.5. The average Bonchev–Trinajstić information content (AvgIpc) is 1.60. The molecular weight excluding hydrogens is 1390 g/mol. The Morgan fingerprint density at radius 3 is 1.35 bits per heavy atom. The molecule has 8 atom stereocenters. The maximum absolute atomic E-state index is 13.8. The van der Waals surface area contributed by atoms with Gasteiger partial charge in [-0.25, -0.2) is 9.97 Å². The lowest BCUT2D eigenvalue weighted by atomic mass is 10.1. The molecule has 95 heavy (non-hydrogen) atoms. The second kappa shape index (κ2) is 54.4. The molecule has 4 saturated heterocycles. The summed E-state index contributed by atoms with van der Waals surface area (Å²) in [5, 5.41) is 51.3. The number of carbonyl (C=O) groups is 4. The maximum atomic E-state index is 13.8. The predicted octanol–water partition coefficient (Wildman–Crippen LogP) is 12.8. The number of rotatable bonds is 20. The maximum Gasteiger partial charge on any atom is 0.303 e. The summed E-state index contributed by atoms with van der Waals surface area (Å²) in [5.41, 5.74) is 2.94. The van der Waals surface area contributed by atoms with Crippen LogP contribution in [0.4, 0.5) is 0 Å². The average molecular weight is 1490 g/mol. The number of esters is 3. The normalized spacial score (nSPS) is 18.8. The van der Waals surface area contributed by atoms with Gasteiger partial charge in [-0.2, -0.15) is 0 Å². The van der Waals surface area contributed by atoms with Crippen molar-refractivity contribution >= 4 is 149 Å². The summed E-state index contributed by atoms with van der Waals surface area (Å²) in [6.07, 6.45) is 6.00. The number of aliphatic hydroxyl groups is 5. The summed E-state index contributed by atoms with van der Waals surface area (Å²) >= 11 is 14.7. The van der Waals surface area contributed by atoms with Crippen LogP contribution in [0.1, 0.15) is 149 Å². The van der Waals surface area contributed by atoms with E-state index in [1.54, 1.807) is 50.4 Å². The Balaban J connectivity index is 0.00000113. The van der Waals surface area contributed by atoms with Crippen LogP contribution in [0.15, 0.2) is 77.0 Å². The fourth-order valence-electron chi connectivity index (χ4n) is 8.57. The lowest BCUT2D eigenvalue weighted by molar-refractivity contribution is -0.158. The largest absolute Gasteiger partial charge is 0.460 e. The molecule has 5 N–H and O–H groups in total. The van der Waals surface area contributed by atoms with Gasteiger partial charge in [-0.05, 0) is 121 Å². The number of aromatic nitrogens is 2. The van der Waals surface area contributed by atoms with Gasteiger partial charge in [0, 0.05) is 97.1 Å². The molecular formula is C67H107BN2O16PS8. The van der Waals surface area contributed by atoms with Crippen LogP contribution in [0, 0.1) is 13.8 Å². The number of benzene rings is 2. The van der Waals surface area contributed by atoms with Crippen molar-refractivity contribution in [1.82, 2.24) is 9.97 Å². The van der Waals surface area contributed by atoms with Crippen LogP contribution >= 0.6 is 100 Å². The van der Waals surface area contributed by atoms with E-state index in [-0.39, 0.29) is 57.0 Å². The van der Waals surface area contributed by atoms with Gasteiger partial charge >= 0.3 is 17.9 Å². The molecule has 2 aromatic heterocycles. The topological polar surface area (TPSA) is 268 Å². The van der Waals surface area contributed by atoms with E-state index >= 15 is 0 Å². The number of methoxy groups -OCH3 is 2. The molecule has 4 aliphatic rings. The molecule has 4 aromatic rings. The fourth-order valence-corrected chi connectivity index (χ4v) is 21.2. The molecule has 0 bridgehead atoms. The van der Waals surface area contributed by atoms with Crippen molar-refractivity contribution in [2.45, 2.75) is 217 Å². The number of thiazole rings is 2. The zero-order valence-corrected chi connectivity index (χ0v) is 65.6. The number of ether oxygens (including phenoxy) is 6. The summed E-state index contributed by atoms with van der Waals surface area (Å²) in [7, 11) is 0.286. The summed E-state index contributed by atoms with van der Waals surface area (Å²) in [4.78, 5) is 53.2. The van der Waals surface area contributed by atoms with Gasteiger partial charge in [-0.1, -0.05) is 80.9 Å². The number of carbonyl (C=O) groups excluding carboxylic acids is 4. The third kappa shape index (κ3) is 41.8. The molecule has 2 aromatic carbocycles. The van der Waals surface area contributed by atoms with Crippen LogP contribution in [0.5, 0.6) is 0 Å². The fraction of sp³-hybridized carbons (Fsp3) is 0.642. The van der Waals surface area contributed by atoms with Gasteiger partial charge < -0.3 is 58.5 Å². The van der Waals surface area contributed by atoms with Gasteiger partial charge in [0.25, 0.3) is 0 Å². The Bertz CT molecular complexity index is 2660. The van der Waals surface area contributed by atoms with Crippen molar-refractivity contribution < 1.29 is 77.7 Å². The first-order chi connectivity index (χ1) is 44.7. The van der Waals surface area contributed by atoms with Crippen molar-refractivity contribution in [3.05, 3.63) is 98.4 Å². The minimum Gasteiger partial charge on any atom is -0.460 e. The second-order valence-electron chi connectivity index (χ2n) is 21.8. The van der Waals surface area contributed by atoms with Gasteiger partial charge in [-0.15, -0.1) is 93.2 Å². The van der Waals surface area contributed by atoms with Crippen molar-refractivity contribution in [3.8, 4) is 0 Å². The quantitative estimate of drug-likeness (QED) is 0.0181. The third-order valence-electron chi connectivity index (χ3n) is 13.0. The molecule has 3 radical (unpaired) electrons. The highest BCUT2D eigenvalue weighted by atomic mass is 32.2. The summed E-state index contributed by atoms with van der Waals surface area (Å²) in [6.45, 7) is 22.9. The first kappa shape index (κ1) is 92.6. The number of aliphatic hydroxyl groups excluding tert-OH is 5. The molecule has 0 aliphatic carbocycles. The van der Waals surface area contributed by atoms with E-state index in [4.69, 9.17) is 39.4 Å². The van der Waals surface area contributed by atoms with Crippen LogP contribution in [-0.2, 0) is 58.3 Å². The smallest absolute Gasteiger partial charge is 0.303 e. The van der Waals surface area contributed by atoms with Crippen LogP contribution in [0.25, 0.3) is 6.08 Å². The number of ketones is 1. The number of thioether (sulfide) groups is 6. The minimum atomic E-state index is -2.69. The molecule has 6 heterocycles. The molecule has 18 nitrogen and oxygen atoms in total. The van der Waals surface area contributed by atoms with Crippen LogP contribution in [0.3, 0.4) is 0 Å². The molecule has 537 valence electrons. The highest BCUT2D eigenvalue weighted by Crippen LogP contribution is 2.47. The SMILES string of the molecule is CC(=O)O[C@@H](CC1SCCCS1)/C(C)=C/c1csc(C)n1.CC(=O)O[C@@H](CC1SCCCS1)C(C)=O.CC(=O)O[C@@H](CC1SCCCS1)[C@@H](C)O.CCC.CCO.COC(OC)C(C)O.C[C@H]1OC(O)C[C@@H]1O.Cc1nc(CP(=O)(c2ccccc2)c2ccccc2)cs1.[B].